The number of nitrogens with zero attached hydrogens (tertiary/aromatic N) is 1. The second-order valence-electron chi connectivity index (χ2n) is 6.27. The van der Waals surface area contributed by atoms with Crippen LogP contribution in [0.2, 0.25) is 0 Å². The minimum atomic E-state index is -0.0390. The van der Waals surface area contributed by atoms with Crippen LogP contribution in [0, 0.1) is 0 Å². The second-order valence-corrected chi connectivity index (χ2v) is 7.18. The van der Waals surface area contributed by atoms with Crippen LogP contribution in [0.25, 0.3) is 0 Å². The molecule has 126 valence electrons. The SMILES string of the molecule is O=C(Cc1cccc(Br)c1)Nc1ccc(NC2CCCCC2)nc1. The summed E-state index contributed by atoms with van der Waals surface area (Å²) in [6.45, 7) is 0. The van der Waals surface area contributed by atoms with Crippen LogP contribution in [0.5, 0.6) is 0 Å². The van der Waals surface area contributed by atoms with Gasteiger partial charge in [0.2, 0.25) is 5.91 Å². The van der Waals surface area contributed by atoms with E-state index in [1.165, 1.54) is 32.1 Å². The molecule has 1 aromatic carbocycles. The van der Waals surface area contributed by atoms with Crippen molar-refractivity contribution in [1.82, 2.24) is 4.98 Å². The zero-order valence-electron chi connectivity index (χ0n) is 13.6. The van der Waals surface area contributed by atoms with E-state index in [0.717, 1.165) is 21.5 Å². The molecule has 1 aromatic heterocycles. The fourth-order valence-corrected chi connectivity index (χ4v) is 3.49. The number of carbonyl (C=O) groups is 1. The van der Waals surface area contributed by atoms with Crippen LogP contribution in [0.15, 0.2) is 47.1 Å². The summed E-state index contributed by atoms with van der Waals surface area (Å²) in [6, 6.07) is 12.1. The highest BCUT2D eigenvalue weighted by atomic mass is 79.9. The van der Waals surface area contributed by atoms with E-state index in [1.54, 1.807) is 6.20 Å². The lowest BCUT2D eigenvalue weighted by atomic mass is 9.95. The molecule has 5 heteroatoms. The number of rotatable bonds is 5. The van der Waals surface area contributed by atoms with E-state index in [4.69, 9.17) is 0 Å². The molecule has 1 saturated carbocycles. The maximum atomic E-state index is 12.1. The first kappa shape index (κ1) is 17.0. The normalized spacial score (nSPS) is 15.0. The monoisotopic (exact) mass is 387 g/mol. The van der Waals surface area contributed by atoms with Gasteiger partial charge in [-0.05, 0) is 42.7 Å². The van der Waals surface area contributed by atoms with Crippen molar-refractivity contribution in [2.45, 2.75) is 44.6 Å². The van der Waals surface area contributed by atoms with Crippen molar-refractivity contribution in [2.75, 3.05) is 10.6 Å². The predicted molar refractivity (Wildman–Crippen MR) is 101 cm³/mol. The molecule has 1 heterocycles. The van der Waals surface area contributed by atoms with E-state index in [9.17, 15) is 4.79 Å². The van der Waals surface area contributed by atoms with Gasteiger partial charge in [-0.2, -0.15) is 0 Å². The molecule has 1 amide bonds. The third kappa shape index (κ3) is 5.06. The first-order valence-electron chi connectivity index (χ1n) is 8.46. The molecule has 0 atom stereocenters. The van der Waals surface area contributed by atoms with Gasteiger partial charge in [-0.15, -0.1) is 0 Å². The molecular weight excluding hydrogens is 366 g/mol. The highest BCUT2D eigenvalue weighted by molar-refractivity contribution is 9.10. The Labute approximate surface area is 151 Å². The number of carbonyl (C=O) groups excluding carboxylic acids is 1. The molecule has 1 aliphatic carbocycles. The molecule has 4 nitrogen and oxygen atoms in total. The average molecular weight is 388 g/mol. The minimum absolute atomic E-state index is 0.0390. The van der Waals surface area contributed by atoms with E-state index in [1.807, 2.05) is 36.4 Å². The van der Waals surface area contributed by atoms with Crippen LogP contribution in [0.4, 0.5) is 11.5 Å². The number of pyridine rings is 1. The highest BCUT2D eigenvalue weighted by Crippen LogP contribution is 2.21. The van der Waals surface area contributed by atoms with Crippen molar-refractivity contribution in [1.29, 1.82) is 0 Å². The average Bonchev–Trinajstić information content (AvgIpc) is 2.57. The predicted octanol–water partition coefficient (Wildman–Crippen LogP) is 4.77. The molecule has 2 N–H and O–H groups in total. The maximum Gasteiger partial charge on any atom is 0.228 e. The summed E-state index contributed by atoms with van der Waals surface area (Å²) >= 11 is 3.42. The lowest BCUT2D eigenvalue weighted by Gasteiger charge is -2.23. The van der Waals surface area contributed by atoms with Crippen LogP contribution >= 0.6 is 15.9 Å². The first-order chi connectivity index (χ1) is 11.7. The van der Waals surface area contributed by atoms with E-state index >= 15 is 0 Å². The summed E-state index contributed by atoms with van der Waals surface area (Å²) in [4.78, 5) is 16.5. The number of aromatic nitrogens is 1. The topological polar surface area (TPSA) is 54.0 Å². The van der Waals surface area contributed by atoms with Crippen LogP contribution in [-0.2, 0) is 11.2 Å². The fourth-order valence-electron chi connectivity index (χ4n) is 3.05. The molecule has 0 bridgehead atoms. The molecule has 0 aliphatic heterocycles. The van der Waals surface area contributed by atoms with Crippen molar-refractivity contribution in [3.05, 3.63) is 52.6 Å². The highest BCUT2D eigenvalue weighted by Gasteiger charge is 2.13. The Hall–Kier alpha value is -1.88. The summed E-state index contributed by atoms with van der Waals surface area (Å²) in [5.41, 5.74) is 1.70. The van der Waals surface area contributed by atoms with Crippen LogP contribution in [0.3, 0.4) is 0 Å². The lowest BCUT2D eigenvalue weighted by molar-refractivity contribution is -0.115. The summed E-state index contributed by atoms with van der Waals surface area (Å²) < 4.78 is 0.979. The van der Waals surface area contributed by atoms with E-state index in [-0.39, 0.29) is 5.91 Å². The first-order valence-corrected chi connectivity index (χ1v) is 9.25. The summed E-state index contributed by atoms with van der Waals surface area (Å²) in [5.74, 6) is 0.842. The van der Waals surface area contributed by atoms with Crippen LogP contribution in [0.1, 0.15) is 37.7 Å². The van der Waals surface area contributed by atoms with Gasteiger partial charge in [0.1, 0.15) is 5.82 Å². The van der Waals surface area contributed by atoms with Gasteiger partial charge in [0.15, 0.2) is 0 Å². The van der Waals surface area contributed by atoms with E-state index in [0.29, 0.717) is 12.5 Å². The van der Waals surface area contributed by atoms with Crippen molar-refractivity contribution < 1.29 is 4.79 Å². The summed E-state index contributed by atoms with van der Waals surface area (Å²) in [5, 5.41) is 6.37. The summed E-state index contributed by atoms with van der Waals surface area (Å²) in [6.07, 6.45) is 8.42. The molecule has 2 aromatic rings. The Balaban J connectivity index is 1.52. The van der Waals surface area contributed by atoms with Gasteiger partial charge in [-0.1, -0.05) is 47.3 Å². The molecule has 1 fully saturated rings. The minimum Gasteiger partial charge on any atom is -0.367 e. The van der Waals surface area contributed by atoms with Gasteiger partial charge in [-0.3, -0.25) is 4.79 Å². The Kier molecular flexibility index (Phi) is 5.86. The number of nitrogens with one attached hydrogen (secondary N) is 2. The maximum absolute atomic E-state index is 12.1. The number of benzene rings is 1. The van der Waals surface area contributed by atoms with Crippen molar-refractivity contribution in [3.8, 4) is 0 Å². The largest absolute Gasteiger partial charge is 0.367 e. The Bertz CT molecular complexity index is 681. The van der Waals surface area contributed by atoms with Gasteiger partial charge in [-0.25, -0.2) is 4.98 Å². The van der Waals surface area contributed by atoms with Crippen LogP contribution < -0.4 is 10.6 Å². The Morgan fingerprint density at radius 3 is 2.71 bits per heavy atom. The number of hydrogen-bond donors (Lipinski definition) is 2. The van der Waals surface area contributed by atoms with Gasteiger partial charge in [0.05, 0.1) is 18.3 Å². The van der Waals surface area contributed by atoms with Crippen LogP contribution in [-0.4, -0.2) is 16.9 Å². The summed E-state index contributed by atoms with van der Waals surface area (Å²) in [7, 11) is 0. The van der Waals surface area contributed by atoms with E-state index in [2.05, 4.69) is 31.5 Å². The van der Waals surface area contributed by atoms with Gasteiger partial charge in [0, 0.05) is 10.5 Å². The molecule has 0 saturated heterocycles. The van der Waals surface area contributed by atoms with Gasteiger partial charge >= 0.3 is 0 Å². The Morgan fingerprint density at radius 1 is 1.17 bits per heavy atom. The van der Waals surface area contributed by atoms with Gasteiger partial charge < -0.3 is 10.6 Å². The quantitative estimate of drug-likeness (QED) is 0.776. The van der Waals surface area contributed by atoms with Gasteiger partial charge in [0.25, 0.3) is 0 Å². The number of halogens is 1. The number of hydrogen-bond acceptors (Lipinski definition) is 3. The fraction of sp³-hybridized carbons (Fsp3) is 0.368. The zero-order valence-corrected chi connectivity index (χ0v) is 15.2. The van der Waals surface area contributed by atoms with E-state index < -0.39 is 0 Å². The number of anilines is 2. The molecule has 0 radical (unpaired) electrons. The smallest absolute Gasteiger partial charge is 0.228 e. The van der Waals surface area contributed by atoms with Crippen molar-refractivity contribution >= 4 is 33.3 Å². The lowest BCUT2D eigenvalue weighted by Crippen LogP contribution is -2.22. The molecule has 0 unspecified atom stereocenters. The Morgan fingerprint density at radius 2 is 2.00 bits per heavy atom. The standard InChI is InChI=1S/C19H22BrN3O/c20-15-6-4-5-14(11-15)12-19(24)23-17-9-10-18(21-13-17)22-16-7-2-1-3-8-16/h4-6,9-11,13,16H,1-3,7-8,12H2,(H,21,22)(H,23,24). The zero-order chi connectivity index (χ0) is 16.8. The molecule has 1 aliphatic rings. The molecule has 0 spiro atoms. The van der Waals surface area contributed by atoms with Crippen molar-refractivity contribution in [2.24, 2.45) is 0 Å². The third-order valence-corrected chi connectivity index (χ3v) is 4.75. The molecule has 24 heavy (non-hydrogen) atoms. The molecule has 3 rings (SSSR count). The number of amides is 1. The second kappa shape index (κ2) is 8.29. The third-order valence-electron chi connectivity index (χ3n) is 4.26. The molecular formula is C19H22BrN3O. The van der Waals surface area contributed by atoms with Crippen molar-refractivity contribution in [3.63, 3.8) is 0 Å².